The van der Waals surface area contributed by atoms with Crippen molar-refractivity contribution in [1.29, 1.82) is 0 Å². The lowest BCUT2D eigenvalue weighted by atomic mass is 10.3. The van der Waals surface area contributed by atoms with Crippen LogP contribution in [0.3, 0.4) is 0 Å². The van der Waals surface area contributed by atoms with Crippen LogP contribution < -0.4 is 10.2 Å². The molecule has 20 heavy (non-hydrogen) atoms. The van der Waals surface area contributed by atoms with Gasteiger partial charge in [0.25, 0.3) is 0 Å². The maximum atomic E-state index is 11.7. The zero-order chi connectivity index (χ0) is 14.3. The summed E-state index contributed by atoms with van der Waals surface area (Å²) in [7, 11) is 0. The van der Waals surface area contributed by atoms with Crippen molar-refractivity contribution < 1.29 is 19.5 Å². The first kappa shape index (κ1) is 12.2. The fraction of sp³-hybridized carbons (Fsp3) is 0.167. The molecule has 1 fully saturated rings. The minimum Gasteiger partial charge on any atom is -0.477 e. The Labute approximate surface area is 112 Å². The Morgan fingerprint density at radius 1 is 1.35 bits per heavy atom. The van der Waals surface area contributed by atoms with E-state index in [1.807, 2.05) is 0 Å². The predicted molar refractivity (Wildman–Crippen MR) is 67.7 cm³/mol. The standard InChI is InChI=1S/C12H10N4O4/c17-10-4-5-15(12(20)14-10)9-6-16-7(11(18)19)2-1-3-8(16)13-9/h1-3,6H,4-5H2,(H,18,19)(H,14,17,20). The number of carboxylic acid groups (broad SMARTS) is 1. The maximum Gasteiger partial charge on any atom is 0.352 e. The van der Waals surface area contributed by atoms with Crippen molar-refractivity contribution in [3.05, 3.63) is 30.1 Å². The molecule has 2 N–H and O–H groups in total. The molecule has 8 heteroatoms. The molecule has 0 saturated carbocycles. The summed E-state index contributed by atoms with van der Waals surface area (Å²) < 4.78 is 1.39. The molecule has 1 aliphatic heterocycles. The number of fused-ring (bicyclic) bond motifs is 1. The van der Waals surface area contributed by atoms with Crippen molar-refractivity contribution in [2.45, 2.75) is 6.42 Å². The minimum atomic E-state index is -1.09. The quantitative estimate of drug-likeness (QED) is 0.828. The van der Waals surface area contributed by atoms with Gasteiger partial charge in [0, 0.05) is 13.0 Å². The molecule has 2 aromatic heterocycles. The lowest BCUT2D eigenvalue weighted by Crippen LogP contribution is -2.49. The number of nitrogens with zero attached hydrogens (tertiary/aromatic N) is 3. The molecule has 0 radical (unpaired) electrons. The Bertz CT molecular complexity index is 736. The molecule has 2 aromatic rings. The molecule has 0 spiro atoms. The van der Waals surface area contributed by atoms with Crippen molar-refractivity contribution in [1.82, 2.24) is 14.7 Å². The third kappa shape index (κ3) is 1.87. The first-order chi connectivity index (χ1) is 9.56. The third-order valence-corrected chi connectivity index (χ3v) is 3.03. The molecule has 8 nitrogen and oxygen atoms in total. The molecule has 0 atom stereocenters. The number of carboxylic acids is 1. The van der Waals surface area contributed by atoms with E-state index in [1.165, 1.54) is 21.6 Å². The van der Waals surface area contributed by atoms with Crippen LogP contribution in [0.25, 0.3) is 5.65 Å². The van der Waals surface area contributed by atoms with Crippen LogP contribution in [0.4, 0.5) is 10.6 Å². The molecule has 0 aliphatic carbocycles. The molecule has 1 saturated heterocycles. The topological polar surface area (TPSA) is 104 Å². The van der Waals surface area contributed by atoms with Gasteiger partial charge < -0.3 is 5.11 Å². The molecule has 3 amide bonds. The van der Waals surface area contributed by atoms with E-state index >= 15 is 0 Å². The van der Waals surface area contributed by atoms with Crippen LogP contribution in [0.5, 0.6) is 0 Å². The average molecular weight is 274 g/mol. The fourth-order valence-electron chi connectivity index (χ4n) is 2.08. The Kier molecular flexibility index (Phi) is 2.63. The summed E-state index contributed by atoms with van der Waals surface area (Å²) in [6.07, 6.45) is 1.65. The first-order valence-corrected chi connectivity index (χ1v) is 5.89. The summed E-state index contributed by atoms with van der Waals surface area (Å²) >= 11 is 0. The van der Waals surface area contributed by atoms with Crippen molar-refractivity contribution >= 4 is 29.4 Å². The number of hydrogen-bond acceptors (Lipinski definition) is 4. The second-order valence-electron chi connectivity index (χ2n) is 4.30. The summed E-state index contributed by atoms with van der Waals surface area (Å²) in [5.74, 6) is -1.11. The normalized spacial score (nSPS) is 15.5. The van der Waals surface area contributed by atoms with Crippen LogP contribution >= 0.6 is 0 Å². The summed E-state index contributed by atoms with van der Waals surface area (Å²) in [5.41, 5.74) is 0.472. The van der Waals surface area contributed by atoms with Crippen LogP contribution in [0.1, 0.15) is 16.9 Å². The van der Waals surface area contributed by atoms with Gasteiger partial charge in [-0.2, -0.15) is 0 Å². The number of aromatic nitrogens is 2. The van der Waals surface area contributed by atoms with Gasteiger partial charge in [-0.15, -0.1) is 0 Å². The number of amides is 3. The lowest BCUT2D eigenvalue weighted by molar-refractivity contribution is -0.120. The highest BCUT2D eigenvalue weighted by Gasteiger charge is 2.26. The molecule has 0 unspecified atom stereocenters. The van der Waals surface area contributed by atoms with E-state index < -0.39 is 12.0 Å². The summed E-state index contributed by atoms with van der Waals surface area (Å²) in [5, 5.41) is 11.3. The lowest BCUT2D eigenvalue weighted by Gasteiger charge is -2.24. The van der Waals surface area contributed by atoms with Crippen molar-refractivity contribution in [3.63, 3.8) is 0 Å². The number of anilines is 1. The number of urea groups is 1. The van der Waals surface area contributed by atoms with Crippen LogP contribution in [-0.2, 0) is 4.79 Å². The van der Waals surface area contributed by atoms with E-state index in [4.69, 9.17) is 5.11 Å². The number of imide groups is 1. The largest absolute Gasteiger partial charge is 0.477 e. The molecular weight excluding hydrogens is 264 g/mol. The number of hydrogen-bond donors (Lipinski definition) is 2. The average Bonchev–Trinajstić information content (AvgIpc) is 2.81. The molecule has 102 valence electrons. The van der Waals surface area contributed by atoms with E-state index in [1.54, 1.807) is 12.1 Å². The molecule has 3 heterocycles. The highest BCUT2D eigenvalue weighted by molar-refractivity contribution is 6.05. The smallest absolute Gasteiger partial charge is 0.352 e. The zero-order valence-electron chi connectivity index (χ0n) is 10.2. The molecule has 1 aliphatic rings. The van der Waals surface area contributed by atoms with Crippen LogP contribution in [0.2, 0.25) is 0 Å². The molecule has 0 aromatic carbocycles. The van der Waals surface area contributed by atoms with Crippen molar-refractivity contribution in [3.8, 4) is 0 Å². The number of pyridine rings is 1. The number of carbonyl (C=O) groups excluding carboxylic acids is 2. The van der Waals surface area contributed by atoms with E-state index in [-0.39, 0.29) is 24.6 Å². The number of carbonyl (C=O) groups is 3. The van der Waals surface area contributed by atoms with Crippen LogP contribution in [0.15, 0.2) is 24.4 Å². The monoisotopic (exact) mass is 274 g/mol. The third-order valence-electron chi connectivity index (χ3n) is 3.03. The zero-order valence-corrected chi connectivity index (χ0v) is 10.2. The fourth-order valence-corrected chi connectivity index (χ4v) is 2.08. The van der Waals surface area contributed by atoms with Gasteiger partial charge in [0.15, 0.2) is 5.82 Å². The number of aromatic carboxylic acids is 1. The SMILES string of the molecule is O=C1CCN(c2cn3c(C(=O)O)cccc3n2)C(=O)N1. The van der Waals surface area contributed by atoms with Gasteiger partial charge in [-0.1, -0.05) is 6.07 Å². The van der Waals surface area contributed by atoms with Gasteiger partial charge in [0.1, 0.15) is 11.3 Å². The Hall–Kier alpha value is -2.90. The van der Waals surface area contributed by atoms with Gasteiger partial charge in [-0.25, -0.2) is 14.6 Å². The van der Waals surface area contributed by atoms with Crippen LogP contribution in [0, 0.1) is 0 Å². The summed E-state index contributed by atoms with van der Waals surface area (Å²) in [6, 6.07) is 4.11. The Morgan fingerprint density at radius 2 is 2.15 bits per heavy atom. The second-order valence-corrected chi connectivity index (χ2v) is 4.30. The van der Waals surface area contributed by atoms with Crippen LogP contribution in [-0.4, -0.2) is 38.9 Å². The first-order valence-electron chi connectivity index (χ1n) is 5.89. The second kappa shape index (κ2) is 4.34. The Balaban J connectivity index is 2.05. The number of imidazole rings is 1. The van der Waals surface area contributed by atoms with Gasteiger partial charge in [0.05, 0.1) is 6.20 Å². The number of rotatable bonds is 2. The number of nitrogens with one attached hydrogen (secondary N) is 1. The molecule has 0 bridgehead atoms. The highest BCUT2D eigenvalue weighted by atomic mass is 16.4. The van der Waals surface area contributed by atoms with Gasteiger partial charge in [-0.3, -0.25) is 19.4 Å². The van der Waals surface area contributed by atoms with E-state index in [0.717, 1.165) is 0 Å². The molecule has 3 rings (SSSR count). The highest BCUT2D eigenvalue weighted by Crippen LogP contribution is 2.18. The summed E-state index contributed by atoms with van der Waals surface area (Å²) in [6.45, 7) is 0.219. The summed E-state index contributed by atoms with van der Waals surface area (Å²) in [4.78, 5) is 39.5. The van der Waals surface area contributed by atoms with E-state index in [9.17, 15) is 14.4 Å². The van der Waals surface area contributed by atoms with E-state index in [2.05, 4.69) is 10.3 Å². The maximum absolute atomic E-state index is 11.7. The Morgan fingerprint density at radius 3 is 2.85 bits per heavy atom. The molecular formula is C12H10N4O4. The van der Waals surface area contributed by atoms with Crippen molar-refractivity contribution in [2.75, 3.05) is 11.4 Å². The van der Waals surface area contributed by atoms with E-state index in [0.29, 0.717) is 11.5 Å². The van der Waals surface area contributed by atoms with Gasteiger partial charge in [-0.05, 0) is 12.1 Å². The van der Waals surface area contributed by atoms with Gasteiger partial charge in [0.2, 0.25) is 5.91 Å². The predicted octanol–water partition coefficient (Wildman–Crippen LogP) is 0.479. The van der Waals surface area contributed by atoms with Gasteiger partial charge >= 0.3 is 12.0 Å². The minimum absolute atomic E-state index is 0.0507. The van der Waals surface area contributed by atoms with Crippen molar-refractivity contribution in [2.24, 2.45) is 0 Å².